The maximum absolute atomic E-state index is 12.3. The summed E-state index contributed by atoms with van der Waals surface area (Å²) in [5.74, 6) is -0.125. The summed E-state index contributed by atoms with van der Waals surface area (Å²) in [5.41, 5.74) is -0.544. The number of aliphatic hydroxyl groups excluding tert-OH is 2. The number of hydrogen-bond acceptors (Lipinski definition) is 7. The lowest BCUT2D eigenvalue weighted by Gasteiger charge is -2.63. The fraction of sp³-hybridized carbons (Fsp3) is 0.962. The van der Waals surface area contributed by atoms with Crippen LogP contribution in [-0.4, -0.2) is 69.5 Å². The van der Waals surface area contributed by atoms with Crippen molar-refractivity contribution in [1.29, 1.82) is 0 Å². The van der Waals surface area contributed by atoms with E-state index in [-0.39, 0.29) is 59.8 Å². The first kappa shape index (κ1) is 31.3. The largest absolute Gasteiger partial charge is 0.469 e. The van der Waals surface area contributed by atoms with Crippen molar-refractivity contribution >= 4 is 23.8 Å². The highest BCUT2D eigenvalue weighted by atomic mass is 32.2. The first-order valence-electron chi connectivity index (χ1n) is 14.3. The molecule has 4 saturated carbocycles. The number of aliphatic hydroxyl groups is 2. The van der Waals surface area contributed by atoms with E-state index >= 15 is 0 Å². The van der Waals surface area contributed by atoms with Crippen LogP contribution in [0.1, 0.15) is 78.6 Å². The Balaban J connectivity index is 1.43. The second kappa shape index (κ2) is 11.2. The number of amides is 1. The molecule has 0 spiro atoms. The maximum Gasteiger partial charge on any atom is 0.469 e. The molecule has 6 N–H and O–H groups in total. The van der Waals surface area contributed by atoms with Crippen molar-refractivity contribution in [2.24, 2.45) is 46.3 Å². The van der Waals surface area contributed by atoms with Gasteiger partial charge in [0.15, 0.2) is 0 Å². The monoisotopic (exact) mass is 595 g/mol. The molecule has 39 heavy (non-hydrogen) atoms. The summed E-state index contributed by atoms with van der Waals surface area (Å²) in [4.78, 5) is 30.8. The molecule has 0 radical (unpaired) electrons. The highest BCUT2D eigenvalue weighted by molar-refractivity contribution is 7.85. The minimum Gasteiger partial charge on any atom is -0.393 e. The molecule has 13 heteroatoms. The lowest BCUT2D eigenvalue weighted by Crippen LogP contribution is -2.62. The van der Waals surface area contributed by atoms with E-state index in [0.29, 0.717) is 32.1 Å². The fourth-order valence-corrected chi connectivity index (χ4v) is 10.3. The van der Waals surface area contributed by atoms with Gasteiger partial charge in [-0.25, -0.2) is 4.57 Å². The van der Waals surface area contributed by atoms with Crippen molar-refractivity contribution in [3.63, 3.8) is 0 Å². The van der Waals surface area contributed by atoms with Crippen molar-refractivity contribution < 1.29 is 46.9 Å². The summed E-state index contributed by atoms with van der Waals surface area (Å²) >= 11 is 0. The van der Waals surface area contributed by atoms with E-state index in [4.69, 9.17) is 9.08 Å². The van der Waals surface area contributed by atoms with E-state index in [2.05, 4.69) is 26.1 Å². The van der Waals surface area contributed by atoms with Gasteiger partial charge in [-0.15, -0.1) is 0 Å². The van der Waals surface area contributed by atoms with Crippen molar-refractivity contribution in [2.75, 3.05) is 12.3 Å². The number of phosphoric acid groups is 1. The Labute approximate surface area is 231 Å². The Hall–Kier alpha value is -0.590. The van der Waals surface area contributed by atoms with E-state index in [1.165, 1.54) is 0 Å². The minimum atomic E-state index is -4.58. The molecule has 0 aromatic rings. The van der Waals surface area contributed by atoms with Crippen LogP contribution in [0.4, 0.5) is 0 Å². The zero-order valence-corrected chi connectivity index (χ0v) is 24.8. The molecule has 0 aromatic heterocycles. The predicted molar refractivity (Wildman–Crippen MR) is 143 cm³/mol. The first-order valence-corrected chi connectivity index (χ1v) is 17.4. The maximum atomic E-state index is 12.3. The van der Waals surface area contributed by atoms with Crippen molar-refractivity contribution in [3.05, 3.63) is 0 Å². The fourth-order valence-electron chi connectivity index (χ4n) is 9.37. The number of phosphoric ester groups is 1. The third kappa shape index (κ3) is 6.43. The molecule has 4 fully saturated rings. The number of fused-ring (bicyclic) bond motifs is 5. The molecule has 4 rings (SSSR count). The smallest absolute Gasteiger partial charge is 0.393 e. The van der Waals surface area contributed by atoms with Crippen LogP contribution in [0.25, 0.3) is 0 Å². The first-order chi connectivity index (χ1) is 18.0. The number of carbonyl (C=O) groups is 1. The molecule has 4 unspecified atom stereocenters. The van der Waals surface area contributed by atoms with Gasteiger partial charge in [-0.3, -0.25) is 13.9 Å². The van der Waals surface area contributed by atoms with Crippen LogP contribution >= 0.6 is 7.82 Å². The van der Waals surface area contributed by atoms with Crippen LogP contribution in [0.3, 0.4) is 0 Å². The third-order valence-corrected chi connectivity index (χ3v) is 12.6. The molecule has 0 bridgehead atoms. The van der Waals surface area contributed by atoms with Crippen LogP contribution in [0.15, 0.2) is 0 Å². The molecule has 4 aliphatic carbocycles. The van der Waals surface area contributed by atoms with Crippen LogP contribution in [0, 0.1) is 46.3 Å². The lowest BCUT2D eigenvalue weighted by molar-refractivity contribution is -0.206. The summed E-state index contributed by atoms with van der Waals surface area (Å²) in [6.45, 7) is 6.32. The van der Waals surface area contributed by atoms with Crippen molar-refractivity contribution in [3.8, 4) is 0 Å². The topological polar surface area (TPSA) is 191 Å². The molecule has 0 saturated heterocycles. The Morgan fingerprint density at radius 2 is 1.79 bits per heavy atom. The zero-order valence-electron chi connectivity index (χ0n) is 23.1. The van der Waals surface area contributed by atoms with Crippen molar-refractivity contribution in [1.82, 2.24) is 5.32 Å². The molecule has 0 heterocycles. The lowest BCUT2D eigenvalue weighted by atomic mass is 9.43. The third-order valence-electron chi connectivity index (χ3n) is 11.3. The van der Waals surface area contributed by atoms with Crippen LogP contribution in [-0.2, 0) is 24.0 Å². The van der Waals surface area contributed by atoms with E-state index in [1.54, 1.807) is 0 Å². The van der Waals surface area contributed by atoms with E-state index < -0.39 is 47.4 Å². The number of rotatable bonds is 9. The molecule has 4 aliphatic rings. The average molecular weight is 596 g/mol. The van der Waals surface area contributed by atoms with Crippen LogP contribution in [0.2, 0.25) is 0 Å². The standard InChI is InChI=1S/C26H46NO10PS/c1-15(4-7-23(30)27-10-11-39(34,35)36)18-5-6-19-24-20(14-22(29)26(18,19)3)25(2)9-8-17(37-38(31,32)33)12-16(25)13-21(24)28/h15-22,24,28-29H,4-14H2,1-3H3,(H,27,30)(H2,31,32,33)(H,34,35,36)/t15-,16?,17-,18-,19?,20?,21-,22+,24?,25+,26-/m1/s1. The second-order valence-electron chi connectivity index (χ2n) is 13.2. The van der Waals surface area contributed by atoms with E-state index in [0.717, 1.165) is 19.3 Å². The zero-order chi connectivity index (χ0) is 29.0. The molecule has 0 aromatic carbocycles. The Kier molecular flexibility index (Phi) is 9.04. The quantitative estimate of drug-likeness (QED) is 0.171. The van der Waals surface area contributed by atoms with Gasteiger partial charge >= 0.3 is 7.82 Å². The minimum absolute atomic E-state index is 0.0415. The summed E-state index contributed by atoms with van der Waals surface area (Å²) < 4.78 is 47.0. The van der Waals surface area contributed by atoms with Gasteiger partial charge in [-0.05, 0) is 97.7 Å². The average Bonchev–Trinajstić information content (AvgIpc) is 3.16. The molecule has 0 aliphatic heterocycles. The summed E-state index contributed by atoms with van der Waals surface area (Å²) in [6, 6.07) is 0. The van der Waals surface area contributed by atoms with Gasteiger partial charge in [0.2, 0.25) is 5.91 Å². The second-order valence-corrected chi connectivity index (χ2v) is 16.0. The normalized spacial score (nSPS) is 43.2. The van der Waals surface area contributed by atoms with Gasteiger partial charge in [-0.1, -0.05) is 20.8 Å². The summed E-state index contributed by atoms with van der Waals surface area (Å²) in [7, 11) is -8.71. The van der Waals surface area contributed by atoms with Crippen LogP contribution in [0.5, 0.6) is 0 Å². The van der Waals surface area contributed by atoms with Gasteiger partial charge in [0, 0.05) is 13.0 Å². The molecule has 11 atom stereocenters. The highest BCUT2D eigenvalue weighted by Crippen LogP contribution is 2.68. The van der Waals surface area contributed by atoms with Gasteiger partial charge in [0.05, 0.1) is 24.1 Å². The number of nitrogens with one attached hydrogen (secondary N) is 1. The number of hydrogen-bond donors (Lipinski definition) is 6. The molecule has 226 valence electrons. The Bertz CT molecular complexity index is 1070. The van der Waals surface area contributed by atoms with Crippen LogP contribution < -0.4 is 5.32 Å². The Morgan fingerprint density at radius 3 is 2.44 bits per heavy atom. The number of carbonyl (C=O) groups excluding carboxylic acids is 1. The van der Waals surface area contributed by atoms with E-state index in [9.17, 15) is 37.8 Å². The van der Waals surface area contributed by atoms with Gasteiger partial charge < -0.3 is 25.3 Å². The molecule has 11 nitrogen and oxygen atoms in total. The van der Waals surface area contributed by atoms with Gasteiger partial charge in [0.25, 0.3) is 10.1 Å². The van der Waals surface area contributed by atoms with Crippen molar-refractivity contribution in [2.45, 2.75) is 96.9 Å². The summed E-state index contributed by atoms with van der Waals surface area (Å²) in [5, 5.41) is 25.7. The molecular weight excluding hydrogens is 549 g/mol. The SMILES string of the molecule is C[C@H](CCC(=O)NCCS(=O)(=O)O)[C@H]1CCC2C3C(C[C@H](O)[C@@]21C)[C@@]1(C)CC[C@@H](OP(=O)(O)O)CC1C[C@H]3O. The van der Waals surface area contributed by atoms with Gasteiger partial charge in [-0.2, -0.15) is 8.42 Å². The molecular formula is C26H46NO10PS. The summed E-state index contributed by atoms with van der Waals surface area (Å²) in [6.07, 6.45) is 3.87. The Morgan fingerprint density at radius 1 is 1.10 bits per heavy atom. The highest BCUT2D eigenvalue weighted by Gasteiger charge is 2.65. The van der Waals surface area contributed by atoms with E-state index in [1.807, 2.05) is 0 Å². The van der Waals surface area contributed by atoms with Gasteiger partial charge in [0.1, 0.15) is 0 Å². The molecule has 1 amide bonds. The predicted octanol–water partition coefficient (Wildman–Crippen LogP) is 2.49.